The molecule has 0 radical (unpaired) electrons. The predicted molar refractivity (Wildman–Crippen MR) is 140 cm³/mol. The summed E-state index contributed by atoms with van der Waals surface area (Å²) in [6, 6.07) is 15.8. The van der Waals surface area contributed by atoms with E-state index in [1.54, 1.807) is 5.56 Å². The Morgan fingerprint density at radius 1 is 0.909 bits per heavy atom. The van der Waals surface area contributed by atoms with Gasteiger partial charge in [0, 0.05) is 5.56 Å². The molecule has 4 bridgehead atoms. The molecule has 4 saturated carbocycles. The molecule has 2 aromatic rings. The first-order valence-electron chi connectivity index (χ1n) is 13.1. The molecular formula is C30H42O2Si. The van der Waals surface area contributed by atoms with Crippen LogP contribution in [-0.4, -0.2) is 13.4 Å². The van der Waals surface area contributed by atoms with Gasteiger partial charge in [-0.1, -0.05) is 51.1 Å². The van der Waals surface area contributed by atoms with Crippen molar-refractivity contribution in [1.82, 2.24) is 0 Å². The Hall–Kier alpha value is -1.58. The maximum atomic E-state index is 10.6. The quantitative estimate of drug-likeness (QED) is 0.453. The van der Waals surface area contributed by atoms with Gasteiger partial charge in [-0.25, -0.2) is 0 Å². The SMILES string of the molecule is CC(O)c1cc(-c2cccc(C34CC5CC(CC(C5)C3)C4)c2)ccc1O[Si](C)(C)C(C)(C)C. The van der Waals surface area contributed by atoms with Gasteiger partial charge in [-0.05, 0) is 116 Å². The van der Waals surface area contributed by atoms with Crippen LogP contribution in [0.15, 0.2) is 42.5 Å². The van der Waals surface area contributed by atoms with Crippen molar-refractivity contribution in [3.8, 4) is 16.9 Å². The highest BCUT2D eigenvalue weighted by atomic mass is 28.4. The minimum absolute atomic E-state index is 0.119. The third-order valence-electron chi connectivity index (χ3n) is 9.48. The topological polar surface area (TPSA) is 29.5 Å². The first kappa shape index (κ1) is 23.2. The van der Waals surface area contributed by atoms with Gasteiger partial charge in [-0.3, -0.25) is 0 Å². The number of aliphatic hydroxyl groups is 1. The molecule has 0 aromatic heterocycles. The molecule has 1 atom stereocenters. The number of hydrogen-bond donors (Lipinski definition) is 1. The van der Waals surface area contributed by atoms with Gasteiger partial charge >= 0.3 is 0 Å². The minimum Gasteiger partial charge on any atom is -0.543 e. The van der Waals surface area contributed by atoms with Crippen LogP contribution in [0.4, 0.5) is 0 Å². The van der Waals surface area contributed by atoms with Crippen LogP contribution in [0.2, 0.25) is 18.1 Å². The van der Waals surface area contributed by atoms with Gasteiger partial charge in [0.1, 0.15) is 5.75 Å². The molecule has 1 unspecified atom stereocenters. The van der Waals surface area contributed by atoms with E-state index in [1.807, 2.05) is 6.92 Å². The van der Waals surface area contributed by atoms with Gasteiger partial charge in [0.05, 0.1) is 6.10 Å². The van der Waals surface area contributed by atoms with Crippen molar-refractivity contribution in [2.24, 2.45) is 17.8 Å². The summed E-state index contributed by atoms with van der Waals surface area (Å²) in [5.74, 6) is 3.70. The Bertz CT molecular complexity index is 995. The first-order chi connectivity index (χ1) is 15.5. The van der Waals surface area contributed by atoms with E-state index in [0.717, 1.165) is 29.1 Å². The summed E-state index contributed by atoms with van der Waals surface area (Å²) in [6.45, 7) is 13.1. The van der Waals surface area contributed by atoms with Crippen molar-refractivity contribution in [3.63, 3.8) is 0 Å². The van der Waals surface area contributed by atoms with Gasteiger partial charge in [0.15, 0.2) is 0 Å². The molecule has 0 amide bonds. The smallest absolute Gasteiger partial charge is 0.250 e. The second-order valence-corrected chi connectivity index (χ2v) is 17.8. The molecule has 0 spiro atoms. The molecule has 0 aliphatic heterocycles. The third-order valence-corrected chi connectivity index (χ3v) is 13.8. The highest BCUT2D eigenvalue weighted by molar-refractivity contribution is 6.74. The summed E-state index contributed by atoms with van der Waals surface area (Å²) in [5.41, 5.74) is 5.31. The molecule has 0 heterocycles. The zero-order valence-corrected chi connectivity index (χ0v) is 22.4. The van der Waals surface area contributed by atoms with E-state index in [0.29, 0.717) is 5.41 Å². The Kier molecular flexibility index (Phi) is 5.61. The Morgan fingerprint density at radius 2 is 1.48 bits per heavy atom. The summed E-state index contributed by atoms with van der Waals surface area (Å²) in [5, 5.41) is 10.7. The molecule has 3 heteroatoms. The molecule has 1 N–H and O–H groups in total. The van der Waals surface area contributed by atoms with Crippen LogP contribution in [-0.2, 0) is 5.41 Å². The normalized spacial score (nSPS) is 29.8. The second-order valence-electron chi connectivity index (χ2n) is 13.1. The van der Waals surface area contributed by atoms with Crippen LogP contribution in [0.1, 0.15) is 83.5 Å². The average Bonchev–Trinajstić information content (AvgIpc) is 2.72. The molecule has 178 valence electrons. The second kappa shape index (κ2) is 7.98. The summed E-state index contributed by atoms with van der Waals surface area (Å²) < 4.78 is 6.62. The number of aliphatic hydroxyl groups excluding tert-OH is 1. The van der Waals surface area contributed by atoms with Crippen LogP contribution < -0.4 is 4.43 Å². The van der Waals surface area contributed by atoms with Gasteiger partial charge in [-0.2, -0.15) is 0 Å². The fraction of sp³-hybridized carbons (Fsp3) is 0.600. The lowest BCUT2D eigenvalue weighted by atomic mass is 9.48. The van der Waals surface area contributed by atoms with Crippen molar-refractivity contribution in [2.75, 3.05) is 0 Å². The lowest BCUT2D eigenvalue weighted by Gasteiger charge is -2.57. The van der Waals surface area contributed by atoms with E-state index in [4.69, 9.17) is 4.43 Å². The van der Waals surface area contributed by atoms with E-state index < -0.39 is 14.4 Å². The Balaban J connectivity index is 1.47. The van der Waals surface area contributed by atoms with Crippen LogP contribution in [0.5, 0.6) is 5.75 Å². The first-order valence-corrected chi connectivity index (χ1v) is 16.0. The van der Waals surface area contributed by atoms with E-state index >= 15 is 0 Å². The highest BCUT2D eigenvalue weighted by Crippen LogP contribution is 2.60. The molecule has 2 aromatic carbocycles. The molecule has 6 rings (SSSR count). The van der Waals surface area contributed by atoms with E-state index in [2.05, 4.69) is 76.3 Å². The number of benzene rings is 2. The average molecular weight is 463 g/mol. The maximum Gasteiger partial charge on any atom is 0.250 e. The van der Waals surface area contributed by atoms with E-state index in [-0.39, 0.29) is 5.04 Å². The fourth-order valence-electron chi connectivity index (χ4n) is 7.07. The molecule has 4 fully saturated rings. The van der Waals surface area contributed by atoms with Gasteiger partial charge in [-0.15, -0.1) is 0 Å². The van der Waals surface area contributed by atoms with Crippen molar-refractivity contribution in [2.45, 2.75) is 95.9 Å². The predicted octanol–water partition coefficient (Wildman–Crippen LogP) is 8.26. The van der Waals surface area contributed by atoms with Gasteiger partial charge < -0.3 is 9.53 Å². The number of rotatable bonds is 5. The van der Waals surface area contributed by atoms with Crippen molar-refractivity contribution in [1.29, 1.82) is 0 Å². The van der Waals surface area contributed by atoms with Crippen molar-refractivity contribution >= 4 is 8.32 Å². The van der Waals surface area contributed by atoms with Gasteiger partial charge in [0.2, 0.25) is 8.32 Å². The van der Waals surface area contributed by atoms with Crippen LogP contribution in [0, 0.1) is 17.8 Å². The van der Waals surface area contributed by atoms with Crippen molar-refractivity contribution < 1.29 is 9.53 Å². The van der Waals surface area contributed by atoms with Crippen LogP contribution in [0.3, 0.4) is 0 Å². The summed E-state index contributed by atoms with van der Waals surface area (Å²) >= 11 is 0. The molecule has 2 nitrogen and oxygen atoms in total. The van der Waals surface area contributed by atoms with E-state index in [1.165, 1.54) is 49.7 Å². The van der Waals surface area contributed by atoms with Crippen LogP contribution >= 0.6 is 0 Å². The van der Waals surface area contributed by atoms with Crippen LogP contribution in [0.25, 0.3) is 11.1 Å². The lowest BCUT2D eigenvalue weighted by Crippen LogP contribution is -2.48. The molecular weight excluding hydrogens is 420 g/mol. The molecule has 4 aliphatic rings. The molecule has 0 saturated heterocycles. The third kappa shape index (κ3) is 4.21. The standard InChI is InChI=1S/C30H42O2Si/c1-20(31)27-16-25(10-11-28(27)32-33(5,6)29(2,3)4)24-8-7-9-26(15-24)30-17-21-12-22(18-30)14-23(13-21)19-30/h7-11,15-16,20-23,31H,12-14,17-19H2,1-6H3. The summed E-state index contributed by atoms with van der Waals surface area (Å²) in [6.07, 6.45) is 8.05. The van der Waals surface area contributed by atoms with Gasteiger partial charge in [0.25, 0.3) is 0 Å². The summed E-state index contributed by atoms with van der Waals surface area (Å²) in [7, 11) is -1.98. The van der Waals surface area contributed by atoms with Crippen molar-refractivity contribution in [3.05, 3.63) is 53.6 Å². The van der Waals surface area contributed by atoms with E-state index in [9.17, 15) is 5.11 Å². The Morgan fingerprint density at radius 3 is 2.03 bits per heavy atom. The fourth-order valence-corrected chi connectivity index (χ4v) is 8.11. The summed E-state index contributed by atoms with van der Waals surface area (Å²) in [4.78, 5) is 0. The largest absolute Gasteiger partial charge is 0.543 e. The highest BCUT2D eigenvalue weighted by Gasteiger charge is 2.51. The minimum atomic E-state index is -1.98. The zero-order chi connectivity index (χ0) is 23.6. The monoisotopic (exact) mass is 462 g/mol. The maximum absolute atomic E-state index is 10.6. The zero-order valence-electron chi connectivity index (χ0n) is 21.4. The molecule has 33 heavy (non-hydrogen) atoms. The lowest BCUT2D eigenvalue weighted by molar-refractivity contribution is -0.00516. The number of hydrogen-bond acceptors (Lipinski definition) is 2. The Labute approximate surface area is 201 Å². The molecule has 4 aliphatic carbocycles.